The zero-order valence-electron chi connectivity index (χ0n) is 15.2. The number of alkyl halides is 3. The molecule has 1 aliphatic rings. The van der Waals surface area contributed by atoms with E-state index in [-0.39, 0.29) is 19.7 Å². The van der Waals surface area contributed by atoms with Crippen LogP contribution in [0.15, 0.2) is 29.4 Å². The lowest BCUT2D eigenvalue weighted by atomic mass is 10.1. The van der Waals surface area contributed by atoms with Gasteiger partial charge >= 0.3 is 12.3 Å². The van der Waals surface area contributed by atoms with Crippen molar-refractivity contribution in [3.63, 3.8) is 0 Å². The minimum absolute atomic E-state index is 0.0302. The van der Waals surface area contributed by atoms with E-state index in [1.54, 1.807) is 20.8 Å². The van der Waals surface area contributed by atoms with Gasteiger partial charge in [-0.2, -0.15) is 13.2 Å². The molecule has 1 aliphatic heterocycles. The summed E-state index contributed by atoms with van der Waals surface area (Å²) in [5.74, 6) is 0. The summed E-state index contributed by atoms with van der Waals surface area (Å²) in [6.45, 7) is 5.57. The van der Waals surface area contributed by atoms with Crippen molar-refractivity contribution >= 4 is 6.09 Å². The van der Waals surface area contributed by atoms with Crippen molar-refractivity contribution in [1.82, 2.24) is 4.90 Å². The largest absolute Gasteiger partial charge is 0.444 e. The average Bonchev–Trinajstić information content (AvgIpc) is 2.94. The van der Waals surface area contributed by atoms with Crippen LogP contribution < -0.4 is 0 Å². The van der Waals surface area contributed by atoms with Gasteiger partial charge in [-0.25, -0.2) is 4.79 Å². The van der Waals surface area contributed by atoms with Crippen molar-refractivity contribution in [2.45, 2.75) is 51.3 Å². The van der Waals surface area contributed by atoms with E-state index in [0.29, 0.717) is 5.56 Å². The van der Waals surface area contributed by atoms with E-state index in [0.717, 1.165) is 12.1 Å². The Morgan fingerprint density at radius 1 is 1.26 bits per heavy atom. The summed E-state index contributed by atoms with van der Waals surface area (Å²) < 4.78 is 48.8. The molecule has 1 amide bonds. The molecule has 1 aromatic rings. The van der Waals surface area contributed by atoms with Gasteiger partial charge in [0.05, 0.1) is 30.9 Å². The number of carbonyl (C=O) groups excluding carboxylic acids is 1. The second-order valence-electron chi connectivity index (χ2n) is 7.20. The Balaban J connectivity index is 1.99. The number of ether oxygens (including phenoxy) is 2. The number of nitrogens with zero attached hydrogens (tertiary/aromatic N) is 4. The lowest BCUT2D eigenvalue weighted by Gasteiger charge is -2.24. The normalized spacial score (nSPS) is 20.3. The molecule has 10 heteroatoms. The highest BCUT2D eigenvalue weighted by Gasteiger charge is 2.37. The molecule has 1 fully saturated rings. The van der Waals surface area contributed by atoms with Crippen molar-refractivity contribution in [2.75, 3.05) is 13.1 Å². The number of azide groups is 1. The highest BCUT2D eigenvalue weighted by molar-refractivity contribution is 5.68. The topological polar surface area (TPSA) is 87.5 Å². The molecule has 0 bridgehead atoms. The lowest BCUT2D eigenvalue weighted by molar-refractivity contribution is -0.137. The Kier molecular flexibility index (Phi) is 6.22. The van der Waals surface area contributed by atoms with E-state index in [1.165, 1.54) is 17.0 Å². The second kappa shape index (κ2) is 8.06. The van der Waals surface area contributed by atoms with Gasteiger partial charge in [0, 0.05) is 11.5 Å². The Morgan fingerprint density at radius 3 is 2.41 bits per heavy atom. The van der Waals surface area contributed by atoms with E-state index in [4.69, 9.17) is 15.0 Å². The first-order chi connectivity index (χ1) is 12.5. The molecule has 0 saturated carbocycles. The number of hydrogen-bond donors (Lipinski definition) is 0. The summed E-state index contributed by atoms with van der Waals surface area (Å²) >= 11 is 0. The highest BCUT2D eigenvalue weighted by atomic mass is 19.4. The van der Waals surface area contributed by atoms with E-state index >= 15 is 0 Å². The molecule has 1 saturated heterocycles. The number of carbonyl (C=O) groups is 1. The van der Waals surface area contributed by atoms with Gasteiger partial charge < -0.3 is 14.4 Å². The molecule has 0 unspecified atom stereocenters. The standard InChI is InChI=1S/C17H21F3N4O3/c1-16(2,3)27-15(25)24-8-13(22-23-21)14(9-24)26-10-11-4-6-12(7-5-11)17(18,19)20/h4-7,13-14H,8-10H2,1-3H3/t13-,14-/m1/s1. The van der Waals surface area contributed by atoms with Crippen molar-refractivity contribution in [2.24, 2.45) is 5.11 Å². The van der Waals surface area contributed by atoms with Gasteiger partial charge in [-0.05, 0) is 44.0 Å². The molecule has 148 valence electrons. The van der Waals surface area contributed by atoms with Crippen LogP contribution in [-0.2, 0) is 22.3 Å². The summed E-state index contributed by atoms with van der Waals surface area (Å²) in [5.41, 5.74) is 7.85. The number of rotatable bonds is 4. The Bertz CT molecular complexity index is 710. The zero-order chi connectivity index (χ0) is 20.2. The summed E-state index contributed by atoms with van der Waals surface area (Å²) in [4.78, 5) is 16.3. The third-order valence-corrected chi connectivity index (χ3v) is 3.83. The maximum atomic E-state index is 12.6. The molecule has 7 nitrogen and oxygen atoms in total. The molecule has 2 atom stereocenters. The predicted octanol–water partition coefficient (Wildman–Crippen LogP) is 4.52. The molecule has 0 N–H and O–H groups in total. The van der Waals surface area contributed by atoms with Gasteiger partial charge in [-0.15, -0.1) is 0 Å². The lowest BCUT2D eigenvalue weighted by Crippen LogP contribution is -2.36. The van der Waals surface area contributed by atoms with Crippen LogP contribution in [0.2, 0.25) is 0 Å². The SMILES string of the molecule is CC(C)(C)OC(=O)N1C[C@@H](N=[N+]=[N-])[C@H](OCc2ccc(C(F)(F)F)cc2)C1. The van der Waals surface area contributed by atoms with Crippen LogP contribution in [0.25, 0.3) is 10.4 Å². The smallest absolute Gasteiger partial charge is 0.416 e. The van der Waals surface area contributed by atoms with Crippen molar-refractivity contribution in [1.29, 1.82) is 0 Å². The summed E-state index contributed by atoms with van der Waals surface area (Å²) in [7, 11) is 0. The molecule has 0 radical (unpaired) electrons. The Hall–Kier alpha value is -2.45. The van der Waals surface area contributed by atoms with E-state index in [9.17, 15) is 18.0 Å². The van der Waals surface area contributed by atoms with Crippen LogP contribution >= 0.6 is 0 Å². The van der Waals surface area contributed by atoms with Crippen molar-refractivity contribution < 1.29 is 27.4 Å². The monoisotopic (exact) mass is 386 g/mol. The minimum Gasteiger partial charge on any atom is -0.444 e. The molecule has 0 spiro atoms. The van der Waals surface area contributed by atoms with Gasteiger partial charge in [0.15, 0.2) is 0 Å². The van der Waals surface area contributed by atoms with Crippen LogP contribution in [0.4, 0.5) is 18.0 Å². The van der Waals surface area contributed by atoms with Crippen LogP contribution in [0.3, 0.4) is 0 Å². The first kappa shape index (κ1) is 20.9. The molecule has 1 aromatic carbocycles. The van der Waals surface area contributed by atoms with Crippen LogP contribution in [-0.4, -0.2) is 41.8 Å². The van der Waals surface area contributed by atoms with Gasteiger partial charge in [0.1, 0.15) is 5.60 Å². The number of likely N-dealkylation sites (tertiary alicyclic amines) is 1. The highest BCUT2D eigenvalue weighted by Crippen LogP contribution is 2.29. The average molecular weight is 386 g/mol. The maximum absolute atomic E-state index is 12.6. The zero-order valence-corrected chi connectivity index (χ0v) is 15.2. The van der Waals surface area contributed by atoms with E-state index < -0.39 is 35.6 Å². The second-order valence-corrected chi connectivity index (χ2v) is 7.20. The van der Waals surface area contributed by atoms with Crippen LogP contribution in [0.5, 0.6) is 0 Å². The third kappa shape index (κ3) is 6.04. The molecule has 1 heterocycles. The van der Waals surface area contributed by atoms with Gasteiger partial charge in [-0.3, -0.25) is 0 Å². The Morgan fingerprint density at radius 2 is 1.89 bits per heavy atom. The molecule has 0 aromatic heterocycles. The maximum Gasteiger partial charge on any atom is 0.416 e. The fourth-order valence-corrected chi connectivity index (χ4v) is 2.57. The van der Waals surface area contributed by atoms with Crippen molar-refractivity contribution in [3.8, 4) is 0 Å². The summed E-state index contributed by atoms with van der Waals surface area (Å²) in [6.07, 6.45) is -5.51. The van der Waals surface area contributed by atoms with Gasteiger partial charge in [-0.1, -0.05) is 17.2 Å². The molecular weight excluding hydrogens is 365 g/mol. The number of hydrogen-bond acceptors (Lipinski definition) is 4. The van der Waals surface area contributed by atoms with Crippen LogP contribution in [0, 0.1) is 0 Å². The number of benzene rings is 1. The van der Waals surface area contributed by atoms with Crippen LogP contribution in [0.1, 0.15) is 31.9 Å². The van der Waals surface area contributed by atoms with Gasteiger partial charge in [0.25, 0.3) is 0 Å². The molecular formula is C17H21F3N4O3. The number of amides is 1. The fourth-order valence-electron chi connectivity index (χ4n) is 2.57. The quantitative estimate of drug-likeness (QED) is 0.433. The molecule has 0 aliphatic carbocycles. The minimum atomic E-state index is -4.40. The predicted molar refractivity (Wildman–Crippen MR) is 90.8 cm³/mol. The van der Waals surface area contributed by atoms with E-state index in [1.807, 2.05) is 0 Å². The molecule has 2 rings (SSSR count). The first-order valence-electron chi connectivity index (χ1n) is 8.29. The van der Waals surface area contributed by atoms with Crippen molar-refractivity contribution in [3.05, 3.63) is 45.8 Å². The molecule has 27 heavy (non-hydrogen) atoms. The third-order valence-electron chi connectivity index (χ3n) is 3.83. The summed E-state index contributed by atoms with van der Waals surface area (Å²) in [6, 6.07) is 4.01. The fraction of sp³-hybridized carbons (Fsp3) is 0.588. The first-order valence-corrected chi connectivity index (χ1v) is 8.29. The van der Waals surface area contributed by atoms with E-state index in [2.05, 4.69) is 10.0 Å². The number of halogens is 3. The van der Waals surface area contributed by atoms with Gasteiger partial charge in [0.2, 0.25) is 0 Å². The summed E-state index contributed by atoms with van der Waals surface area (Å²) in [5, 5.41) is 3.65. The Labute approximate surface area is 154 Å².